The van der Waals surface area contributed by atoms with Crippen LogP contribution in [0.5, 0.6) is 0 Å². The van der Waals surface area contributed by atoms with Crippen molar-refractivity contribution in [3.63, 3.8) is 0 Å². The molecule has 22 heavy (non-hydrogen) atoms. The molecule has 0 fully saturated rings. The first-order valence-corrected chi connectivity index (χ1v) is 9.51. The molecule has 0 amide bonds. The average molecular weight is 338 g/mol. The fraction of sp³-hybridized carbons (Fsp3) is 0. The van der Waals surface area contributed by atoms with Gasteiger partial charge >= 0.3 is 177 Å². The number of rotatable bonds is 4. The quantitative estimate of drug-likeness (QED) is 0.371. The first-order chi connectivity index (χ1) is 10.6. The summed E-state index contributed by atoms with van der Waals surface area (Å²) in [5.41, 5.74) is 4.17. The first-order valence-electron chi connectivity index (χ1n) is 6.69. The van der Waals surface area contributed by atoms with Crippen molar-refractivity contribution in [2.24, 2.45) is 9.98 Å². The van der Waals surface area contributed by atoms with Crippen LogP contribution in [0.15, 0.2) is 46.4 Å². The predicted molar refractivity (Wildman–Crippen MR) is 102 cm³/mol. The summed E-state index contributed by atoms with van der Waals surface area (Å²) in [4.78, 5) is 8.02. The van der Waals surface area contributed by atoms with Crippen LogP contribution < -0.4 is 5.63 Å². The molecule has 96 valence electrons. The average Bonchev–Trinajstić information content (AvgIpc) is 2.49. The van der Waals surface area contributed by atoms with E-state index in [-0.39, 0.29) is 0 Å². The molecule has 0 bridgehead atoms. The van der Waals surface area contributed by atoms with Crippen LogP contribution in [0, 0.1) is 0 Å². The molecule has 0 saturated carbocycles. The molecule has 0 spiro atoms. The Hall–Kier alpha value is -0.220. The Morgan fingerprint density at radius 3 is 1.50 bits per heavy atom. The van der Waals surface area contributed by atoms with Crippen molar-refractivity contribution in [2.75, 3.05) is 0 Å². The molecule has 0 unspecified atom stereocenters. The van der Waals surface area contributed by atoms with Gasteiger partial charge in [-0.25, -0.2) is 0 Å². The van der Waals surface area contributed by atoms with Crippen LogP contribution >= 0.6 is 24.4 Å². The molecule has 0 heterocycles. The fourth-order valence-corrected chi connectivity index (χ4v) is 3.59. The molecule has 2 aromatic carbocycles. The summed E-state index contributed by atoms with van der Waals surface area (Å²) in [6.45, 7) is 0. The third kappa shape index (κ3) is 5.16. The molecule has 0 N–H and O–H groups in total. The summed E-state index contributed by atoms with van der Waals surface area (Å²) in [7, 11) is 0. The van der Waals surface area contributed by atoms with Gasteiger partial charge in [0.05, 0.1) is 0 Å². The van der Waals surface area contributed by atoms with E-state index in [9.17, 15) is 0 Å². The molecule has 2 rings (SSSR count). The molecule has 0 saturated heterocycles. The van der Waals surface area contributed by atoms with Crippen molar-refractivity contribution in [3.8, 4) is 0 Å². The van der Waals surface area contributed by atoms with Crippen LogP contribution in [0.4, 0.5) is 11.4 Å². The number of aliphatic imine (C=N–C) groups is 2. The molecule has 6 heteroatoms. The van der Waals surface area contributed by atoms with E-state index in [0.717, 1.165) is 67.2 Å². The van der Waals surface area contributed by atoms with Gasteiger partial charge in [0.1, 0.15) is 0 Å². The van der Waals surface area contributed by atoms with Gasteiger partial charge in [0.2, 0.25) is 0 Å². The zero-order valence-electron chi connectivity index (χ0n) is 12.3. The maximum atomic E-state index is 4.63. The van der Waals surface area contributed by atoms with E-state index in [1.165, 1.54) is 16.8 Å². The Kier molecular flexibility index (Phi) is 7.55. The number of isothiocyanates is 2. The molecule has 0 radical (unpaired) electrons. The monoisotopic (exact) mass is 338 g/mol. The van der Waals surface area contributed by atoms with E-state index in [4.69, 9.17) is 0 Å². The fourth-order valence-electron chi connectivity index (χ4n) is 2.12. The maximum absolute atomic E-state index is 4.63. The number of hydrogen-bond donors (Lipinski definition) is 0. The van der Waals surface area contributed by atoms with Crippen LogP contribution in [-0.2, 0) is 0 Å². The third-order valence-electron chi connectivity index (χ3n) is 3.30. The number of hydrogen-bond acceptors (Lipinski definition) is 4. The predicted octanol–water partition coefficient (Wildman–Crippen LogP) is 2.91. The van der Waals surface area contributed by atoms with Gasteiger partial charge < -0.3 is 0 Å². The minimum absolute atomic E-state index is 0.864. The Labute approximate surface area is 175 Å². The topological polar surface area (TPSA) is 24.7 Å². The number of benzene rings is 2. The van der Waals surface area contributed by atoms with E-state index in [0.29, 0.717) is 0 Å². The van der Waals surface area contributed by atoms with Crippen LogP contribution in [0.3, 0.4) is 0 Å². The SMILES string of the molecule is [Na][c]1cc(N=C=S)ccc1C=Cc1ccc(N=C=S)c[c]1[Na]. The summed E-state index contributed by atoms with van der Waals surface area (Å²) in [6, 6.07) is 12.2. The summed E-state index contributed by atoms with van der Waals surface area (Å²) in [5, 5.41) is 4.80. The van der Waals surface area contributed by atoms with Crippen molar-refractivity contribution in [1.82, 2.24) is 0 Å². The zero-order chi connectivity index (χ0) is 15.9. The zero-order valence-corrected chi connectivity index (χ0v) is 18.0. The van der Waals surface area contributed by atoms with Crippen molar-refractivity contribution in [1.29, 1.82) is 0 Å². The van der Waals surface area contributed by atoms with Gasteiger partial charge in [-0.05, 0) is 0 Å². The van der Waals surface area contributed by atoms with Crippen molar-refractivity contribution in [3.05, 3.63) is 47.5 Å². The first kappa shape index (κ1) is 18.1. The second-order valence-electron chi connectivity index (χ2n) is 4.82. The normalized spacial score (nSPS) is 10.2. The third-order valence-corrected chi connectivity index (χ3v) is 5.21. The van der Waals surface area contributed by atoms with Crippen molar-refractivity contribution >= 4 is 120 Å². The van der Waals surface area contributed by atoms with E-state index in [1.54, 1.807) is 0 Å². The van der Waals surface area contributed by atoms with Gasteiger partial charge in [-0.1, -0.05) is 0 Å². The van der Waals surface area contributed by atoms with Crippen LogP contribution in [0.1, 0.15) is 11.1 Å². The van der Waals surface area contributed by atoms with Gasteiger partial charge in [-0.3, -0.25) is 0 Å². The van der Waals surface area contributed by atoms with Crippen LogP contribution in [-0.4, -0.2) is 66.2 Å². The van der Waals surface area contributed by atoms with Gasteiger partial charge in [-0.15, -0.1) is 0 Å². The number of nitrogens with zero attached hydrogens (tertiary/aromatic N) is 2. The van der Waals surface area contributed by atoms with E-state index < -0.39 is 0 Å². The van der Waals surface area contributed by atoms with Crippen LogP contribution in [0.2, 0.25) is 0 Å². The van der Waals surface area contributed by atoms with Gasteiger partial charge in [0.15, 0.2) is 0 Å². The van der Waals surface area contributed by atoms with Gasteiger partial charge in [0.25, 0.3) is 0 Å². The standard InChI is InChI=1S/C16H8N2S2.2Na/c19-11-17-15-7-3-13(4-8-15)1-2-14-5-9-16(10-6-14)18-12-20;;/h1-3,5,7-10H;;. The van der Waals surface area contributed by atoms with Gasteiger partial charge in [-0.2, -0.15) is 0 Å². The summed E-state index contributed by atoms with van der Waals surface area (Å²) in [6.07, 6.45) is 4.29. The summed E-state index contributed by atoms with van der Waals surface area (Å²) >= 11 is 11.2. The summed E-state index contributed by atoms with van der Waals surface area (Å²) < 4.78 is 2.58. The van der Waals surface area contributed by atoms with Gasteiger partial charge in [0, 0.05) is 0 Å². The number of thiocarbonyl (C=S) groups is 2. The second-order valence-corrected chi connectivity index (χ2v) is 7.34. The molecule has 0 atom stereocenters. The molecule has 0 aromatic heterocycles. The Morgan fingerprint density at radius 1 is 0.773 bits per heavy atom. The molecule has 0 aliphatic rings. The van der Waals surface area contributed by atoms with Crippen molar-refractivity contribution in [2.45, 2.75) is 0 Å². The Morgan fingerprint density at radius 2 is 1.18 bits per heavy atom. The summed E-state index contributed by atoms with van der Waals surface area (Å²) in [5.74, 6) is 0. The minimum atomic E-state index is 0.864. The van der Waals surface area contributed by atoms with E-state index >= 15 is 0 Å². The Balaban J connectivity index is 2.28. The molecule has 0 aliphatic heterocycles. The molecular weight excluding hydrogens is 330 g/mol. The Bertz CT molecular complexity index is 765. The molecule has 2 aromatic rings. The molecular formula is C16H8N2Na2S2. The van der Waals surface area contributed by atoms with Crippen molar-refractivity contribution < 1.29 is 0 Å². The van der Waals surface area contributed by atoms with E-state index in [1.807, 2.05) is 12.1 Å². The molecule has 2 nitrogen and oxygen atoms in total. The molecule has 0 aliphatic carbocycles. The van der Waals surface area contributed by atoms with Crippen LogP contribution in [0.25, 0.3) is 12.2 Å². The van der Waals surface area contributed by atoms with E-state index in [2.05, 4.69) is 81.2 Å². The second kappa shape index (κ2) is 9.17.